The zero-order valence-electron chi connectivity index (χ0n) is 18.7. The number of carbonyl (C=O) groups is 1. The maximum absolute atomic E-state index is 12.8. The summed E-state index contributed by atoms with van der Waals surface area (Å²) in [7, 11) is 3.90. The lowest BCUT2D eigenvalue weighted by Gasteiger charge is -2.16. The Kier molecular flexibility index (Phi) is 5.61. The molecule has 0 fully saturated rings. The third-order valence-electron chi connectivity index (χ3n) is 5.22. The van der Waals surface area contributed by atoms with Gasteiger partial charge in [-0.25, -0.2) is 9.97 Å². The van der Waals surface area contributed by atoms with E-state index in [0.717, 1.165) is 28.0 Å². The molecule has 0 saturated heterocycles. The van der Waals surface area contributed by atoms with Gasteiger partial charge in [0.05, 0.1) is 5.52 Å². The number of fused-ring (bicyclic) bond motifs is 1. The molecule has 0 aliphatic carbocycles. The van der Waals surface area contributed by atoms with Crippen molar-refractivity contribution in [2.75, 3.05) is 29.6 Å². The van der Waals surface area contributed by atoms with Gasteiger partial charge in [-0.05, 0) is 36.4 Å². The van der Waals surface area contributed by atoms with E-state index in [0.29, 0.717) is 17.4 Å². The molecule has 5 aromatic rings. The van der Waals surface area contributed by atoms with Crippen LogP contribution in [0, 0.1) is 0 Å². The number of hydrogen-bond acceptors (Lipinski definition) is 7. The number of amides is 1. The Bertz CT molecular complexity index is 1450. The molecule has 0 saturated carbocycles. The summed E-state index contributed by atoms with van der Waals surface area (Å²) >= 11 is 0. The summed E-state index contributed by atoms with van der Waals surface area (Å²) < 4.78 is 5.45. The van der Waals surface area contributed by atoms with Crippen LogP contribution in [0.25, 0.3) is 22.2 Å². The van der Waals surface area contributed by atoms with Gasteiger partial charge in [-0.3, -0.25) is 4.79 Å². The number of oxazole rings is 1. The Labute approximate surface area is 196 Å². The Hall–Kier alpha value is -4.72. The van der Waals surface area contributed by atoms with E-state index < -0.39 is 0 Å². The van der Waals surface area contributed by atoms with Crippen molar-refractivity contribution in [1.29, 1.82) is 0 Å². The van der Waals surface area contributed by atoms with Crippen molar-refractivity contribution in [1.82, 2.24) is 15.0 Å². The molecule has 0 atom stereocenters. The summed E-state index contributed by atoms with van der Waals surface area (Å²) in [6.07, 6.45) is 1.27. The zero-order chi connectivity index (χ0) is 23.5. The molecule has 5 rings (SSSR count). The lowest BCUT2D eigenvalue weighted by atomic mass is 10.1. The standard InChI is InChI=1S/C26H22N6O2/c1-32(2)24-20-10-6-7-11-21(20)30-26(31-24)29-19-14-12-18(13-15-19)28-25(33)22-23(34-16-27-22)17-8-4-3-5-9-17/h3-16H,1-2H3,(H,28,33)(H,29,30,31). The van der Waals surface area contributed by atoms with Crippen molar-refractivity contribution in [2.24, 2.45) is 0 Å². The highest BCUT2D eigenvalue weighted by Gasteiger charge is 2.18. The minimum absolute atomic E-state index is 0.231. The third-order valence-corrected chi connectivity index (χ3v) is 5.22. The van der Waals surface area contributed by atoms with Gasteiger partial charge in [0.2, 0.25) is 5.95 Å². The molecule has 168 valence electrons. The van der Waals surface area contributed by atoms with E-state index in [1.54, 1.807) is 12.1 Å². The summed E-state index contributed by atoms with van der Waals surface area (Å²) in [5.74, 6) is 1.41. The Balaban J connectivity index is 1.33. The fourth-order valence-electron chi connectivity index (χ4n) is 3.62. The molecular formula is C26H22N6O2. The molecule has 2 N–H and O–H groups in total. The van der Waals surface area contributed by atoms with E-state index in [2.05, 4.69) is 25.6 Å². The first-order chi connectivity index (χ1) is 16.6. The number of aromatic nitrogens is 3. The van der Waals surface area contributed by atoms with Crippen molar-refractivity contribution < 1.29 is 9.21 Å². The Morgan fingerprint density at radius 1 is 0.853 bits per heavy atom. The SMILES string of the molecule is CN(C)c1nc(Nc2ccc(NC(=O)c3ncoc3-c3ccccc3)cc2)nc2ccccc12. The normalized spacial score (nSPS) is 10.8. The molecule has 34 heavy (non-hydrogen) atoms. The van der Waals surface area contributed by atoms with Crippen LogP contribution in [-0.4, -0.2) is 35.0 Å². The number of anilines is 4. The average Bonchev–Trinajstić information content (AvgIpc) is 3.35. The molecule has 0 aliphatic heterocycles. The fraction of sp³-hybridized carbons (Fsp3) is 0.0769. The highest BCUT2D eigenvalue weighted by Crippen LogP contribution is 2.26. The van der Waals surface area contributed by atoms with E-state index >= 15 is 0 Å². The second kappa shape index (κ2) is 9.03. The van der Waals surface area contributed by atoms with Crippen LogP contribution in [0.4, 0.5) is 23.1 Å². The van der Waals surface area contributed by atoms with Gasteiger partial charge in [-0.15, -0.1) is 0 Å². The molecule has 0 aliphatic rings. The van der Waals surface area contributed by atoms with Gasteiger partial charge in [0.25, 0.3) is 5.91 Å². The van der Waals surface area contributed by atoms with Gasteiger partial charge < -0.3 is 20.0 Å². The maximum Gasteiger partial charge on any atom is 0.278 e. The van der Waals surface area contributed by atoms with Gasteiger partial charge in [0.1, 0.15) is 5.82 Å². The second-order valence-corrected chi connectivity index (χ2v) is 7.83. The van der Waals surface area contributed by atoms with E-state index in [1.165, 1.54) is 6.39 Å². The number of nitrogens with zero attached hydrogens (tertiary/aromatic N) is 4. The van der Waals surface area contributed by atoms with Crippen LogP contribution in [0.2, 0.25) is 0 Å². The van der Waals surface area contributed by atoms with E-state index in [-0.39, 0.29) is 11.6 Å². The van der Waals surface area contributed by atoms with Crippen molar-refractivity contribution in [3.63, 3.8) is 0 Å². The van der Waals surface area contributed by atoms with Gasteiger partial charge in [-0.2, -0.15) is 4.98 Å². The number of hydrogen-bond donors (Lipinski definition) is 2. The summed E-state index contributed by atoms with van der Waals surface area (Å²) in [5.41, 5.74) is 3.30. The minimum atomic E-state index is -0.346. The predicted octanol–water partition coefficient (Wildman–Crippen LogP) is 5.35. The first-order valence-corrected chi connectivity index (χ1v) is 10.7. The molecule has 0 spiro atoms. The van der Waals surface area contributed by atoms with Crippen molar-refractivity contribution >= 4 is 40.0 Å². The molecule has 2 heterocycles. The summed E-state index contributed by atoms with van der Waals surface area (Å²) in [5, 5.41) is 7.09. The highest BCUT2D eigenvalue weighted by molar-refractivity contribution is 6.06. The van der Waals surface area contributed by atoms with Crippen LogP contribution in [0.3, 0.4) is 0 Å². The lowest BCUT2D eigenvalue weighted by Crippen LogP contribution is -2.13. The molecule has 3 aromatic carbocycles. The van der Waals surface area contributed by atoms with Crippen molar-refractivity contribution in [3.05, 3.63) is 91.0 Å². The molecule has 0 unspecified atom stereocenters. The van der Waals surface area contributed by atoms with Gasteiger partial charge in [0, 0.05) is 36.4 Å². The Morgan fingerprint density at radius 3 is 2.32 bits per heavy atom. The van der Waals surface area contributed by atoms with Crippen LogP contribution in [0.15, 0.2) is 89.7 Å². The fourth-order valence-corrected chi connectivity index (χ4v) is 3.62. The largest absolute Gasteiger partial charge is 0.443 e. The van der Waals surface area contributed by atoms with Crippen LogP contribution in [0.1, 0.15) is 10.5 Å². The zero-order valence-corrected chi connectivity index (χ0v) is 18.7. The number of carbonyl (C=O) groups excluding carboxylic acids is 1. The van der Waals surface area contributed by atoms with Crippen LogP contribution >= 0.6 is 0 Å². The number of nitrogens with one attached hydrogen (secondary N) is 2. The third kappa shape index (κ3) is 4.29. The number of benzene rings is 3. The molecule has 1 amide bonds. The maximum atomic E-state index is 12.8. The molecule has 2 aromatic heterocycles. The van der Waals surface area contributed by atoms with Crippen LogP contribution in [0.5, 0.6) is 0 Å². The first-order valence-electron chi connectivity index (χ1n) is 10.7. The predicted molar refractivity (Wildman–Crippen MR) is 133 cm³/mol. The van der Waals surface area contributed by atoms with Crippen LogP contribution < -0.4 is 15.5 Å². The van der Waals surface area contributed by atoms with E-state index in [4.69, 9.17) is 4.42 Å². The first kappa shape index (κ1) is 21.1. The highest BCUT2D eigenvalue weighted by atomic mass is 16.3. The van der Waals surface area contributed by atoms with Crippen molar-refractivity contribution in [2.45, 2.75) is 0 Å². The van der Waals surface area contributed by atoms with Gasteiger partial charge >= 0.3 is 0 Å². The monoisotopic (exact) mass is 450 g/mol. The molecule has 0 radical (unpaired) electrons. The van der Waals surface area contributed by atoms with E-state index in [1.807, 2.05) is 85.7 Å². The van der Waals surface area contributed by atoms with Crippen LogP contribution in [-0.2, 0) is 0 Å². The molecular weight excluding hydrogens is 428 g/mol. The topological polar surface area (TPSA) is 96.2 Å². The summed E-state index contributed by atoms with van der Waals surface area (Å²) in [6.45, 7) is 0. The number of rotatable bonds is 6. The molecule has 8 heteroatoms. The Morgan fingerprint density at radius 2 is 1.56 bits per heavy atom. The molecule has 8 nitrogen and oxygen atoms in total. The van der Waals surface area contributed by atoms with Gasteiger partial charge in [-0.1, -0.05) is 42.5 Å². The molecule has 0 bridgehead atoms. The quantitative estimate of drug-likeness (QED) is 0.360. The average molecular weight is 451 g/mol. The summed E-state index contributed by atoms with van der Waals surface area (Å²) in [6, 6.07) is 24.6. The summed E-state index contributed by atoms with van der Waals surface area (Å²) in [4.78, 5) is 28.1. The minimum Gasteiger partial charge on any atom is -0.443 e. The van der Waals surface area contributed by atoms with Gasteiger partial charge in [0.15, 0.2) is 17.8 Å². The van der Waals surface area contributed by atoms with E-state index in [9.17, 15) is 4.79 Å². The second-order valence-electron chi connectivity index (χ2n) is 7.83. The van der Waals surface area contributed by atoms with Crippen molar-refractivity contribution in [3.8, 4) is 11.3 Å². The lowest BCUT2D eigenvalue weighted by molar-refractivity contribution is 0.102. The smallest absolute Gasteiger partial charge is 0.278 e. The number of para-hydroxylation sites is 1.